The summed E-state index contributed by atoms with van der Waals surface area (Å²) in [6.45, 7) is 7.84. The lowest BCUT2D eigenvalue weighted by molar-refractivity contribution is -0.122. The van der Waals surface area contributed by atoms with Crippen LogP contribution in [0.2, 0.25) is 0 Å². The SMILES string of the molecule is Cc1ccc(NC(=O)C2CCNCC2C)c(C)n1. The second-order valence-corrected chi connectivity index (χ2v) is 5.15. The van der Waals surface area contributed by atoms with Crippen molar-refractivity contribution in [3.8, 4) is 0 Å². The lowest BCUT2D eigenvalue weighted by Crippen LogP contribution is -2.41. The van der Waals surface area contributed by atoms with Gasteiger partial charge in [0.25, 0.3) is 0 Å². The summed E-state index contributed by atoms with van der Waals surface area (Å²) in [6.07, 6.45) is 0.908. The van der Waals surface area contributed by atoms with E-state index in [1.807, 2.05) is 26.0 Å². The van der Waals surface area contributed by atoms with Gasteiger partial charge in [0.05, 0.1) is 11.4 Å². The van der Waals surface area contributed by atoms with Gasteiger partial charge >= 0.3 is 0 Å². The number of pyridine rings is 1. The normalized spacial score (nSPS) is 23.7. The average molecular weight is 247 g/mol. The van der Waals surface area contributed by atoms with E-state index in [0.29, 0.717) is 5.92 Å². The number of anilines is 1. The number of hydrogen-bond acceptors (Lipinski definition) is 3. The molecule has 2 heterocycles. The van der Waals surface area contributed by atoms with Crippen LogP contribution >= 0.6 is 0 Å². The minimum Gasteiger partial charge on any atom is -0.324 e. The molecule has 0 bridgehead atoms. The van der Waals surface area contributed by atoms with Gasteiger partial charge in [0, 0.05) is 11.6 Å². The molecule has 18 heavy (non-hydrogen) atoms. The quantitative estimate of drug-likeness (QED) is 0.839. The summed E-state index contributed by atoms with van der Waals surface area (Å²) < 4.78 is 0. The fourth-order valence-corrected chi connectivity index (χ4v) is 2.45. The molecule has 2 rings (SSSR count). The van der Waals surface area contributed by atoms with Gasteiger partial charge < -0.3 is 10.6 Å². The number of carbonyl (C=O) groups is 1. The molecule has 0 saturated carbocycles. The van der Waals surface area contributed by atoms with Crippen LogP contribution in [0.5, 0.6) is 0 Å². The van der Waals surface area contributed by atoms with Crippen molar-refractivity contribution in [3.05, 3.63) is 23.5 Å². The highest BCUT2D eigenvalue weighted by Gasteiger charge is 2.27. The van der Waals surface area contributed by atoms with Crippen LogP contribution < -0.4 is 10.6 Å². The molecule has 1 fully saturated rings. The monoisotopic (exact) mass is 247 g/mol. The molecule has 1 aliphatic heterocycles. The minimum absolute atomic E-state index is 0.104. The van der Waals surface area contributed by atoms with Crippen molar-refractivity contribution in [2.24, 2.45) is 11.8 Å². The maximum atomic E-state index is 12.2. The fraction of sp³-hybridized carbons (Fsp3) is 0.571. The van der Waals surface area contributed by atoms with Gasteiger partial charge in [0.15, 0.2) is 0 Å². The number of rotatable bonds is 2. The molecule has 0 aromatic carbocycles. The van der Waals surface area contributed by atoms with Gasteiger partial charge in [-0.2, -0.15) is 0 Å². The molecule has 4 heteroatoms. The van der Waals surface area contributed by atoms with E-state index in [1.165, 1.54) is 0 Å². The highest BCUT2D eigenvalue weighted by Crippen LogP contribution is 2.21. The smallest absolute Gasteiger partial charge is 0.227 e. The van der Waals surface area contributed by atoms with Crippen molar-refractivity contribution >= 4 is 11.6 Å². The predicted molar refractivity (Wildman–Crippen MR) is 72.5 cm³/mol. The summed E-state index contributed by atoms with van der Waals surface area (Å²) in [5.74, 6) is 0.613. The summed E-state index contributed by atoms with van der Waals surface area (Å²) in [7, 11) is 0. The Morgan fingerprint density at radius 2 is 2.22 bits per heavy atom. The Hall–Kier alpha value is -1.42. The first-order valence-electron chi connectivity index (χ1n) is 6.53. The minimum atomic E-state index is 0.104. The zero-order chi connectivity index (χ0) is 13.1. The zero-order valence-corrected chi connectivity index (χ0v) is 11.3. The number of carbonyl (C=O) groups excluding carboxylic acids is 1. The molecular weight excluding hydrogens is 226 g/mol. The van der Waals surface area contributed by atoms with Gasteiger partial charge in [0.2, 0.25) is 5.91 Å². The molecule has 0 spiro atoms. The van der Waals surface area contributed by atoms with Crippen LogP contribution in [0.15, 0.2) is 12.1 Å². The summed E-state index contributed by atoms with van der Waals surface area (Å²) in [4.78, 5) is 16.6. The van der Waals surface area contributed by atoms with Crippen molar-refractivity contribution in [2.45, 2.75) is 27.2 Å². The molecule has 4 nitrogen and oxygen atoms in total. The van der Waals surface area contributed by atoms with E-state index in [9.17, 15) is 4.79 Å². The number of amides is 1. The van der Waals surface area contributed by atoms with E-state index < -0.39 is 0 Å². The molecular formula is C14H21N3O. The Labute approximate surface area is 108 Å². The fourth-order valence-electron chi connectivity index (χ4n) is 2.45. The lowest BCUT2D eigenvalue weighted by Gasteiger charge is -2.28. The van der Waals surface area contributed by atoms with E-state index in [1.54, 1.807) is 0 Å². The average Bonchev–Trinajstić information content (AvgIpc) is 2.33. The number of hydrogen-bond donors (Lipinski definition) is 2. The van der Waals surface area contributed by atoms with E-state index in [2.05, 4.69) is 22.5 Å². The number of aromatic nitrogens is 1. The van der Waals surface area contributed by atoms with E-state index in [4.69, 9.17) is 0 Å². The summed E-state index contributed by atoms with van der Waals surface area (Å²) >= 11 is 0. The molecule has 1 aromatic rings. The van der Waals surface area contributed by atoms with Crippen LogP contribution in [-0.4, -0.2) is 24.0 Å². The third kappa shape index (κ3) is 2.88. The molecule has 0 radical (unpaired) electrons. The highest BCUT2D eigenvalue weighted by molar-refractivity contribution is 5.93. The van der Waals surface area contributed by atoms with Crippen LogP contribution in [0, 0.1) is 25.7 Å². The van der Waals surface area contributed by atoms with Gasteiger partial charge in [0.1, 0.15) is 0 Å². The number of nitrogens with one attached hydrogen (secondary N) is 2. The van der Waals surface area contributed by atoms with Gasteiger partial charge in [-0.25, -0.2) is 0 Å². The largest absolute Gasteiger partial charge is 0.324 e. The zero-order valence-electron chi connectivity index (χ0n) is 11.3. The molecule has 98 valence electrons. The van der Waals surface area contributed by atoms with Gasteiger partial charge in [-0.3, -0.25) is 9.78 Å². The second kappa shape index (κ2) is 5.48. The van der Waals surface area contributed by atoms with Gasteiger partial charge in [-0.15, -0.1) is 0 Å². The Morgan fingerprint density at radius 1 is 1.44 bits per heavy atom. The standard InChI is InChI=1S/C14H21N3O/c1-9-8-15-7-6-12(9)14(18)17-13-5-4-10(2)16-11(13)3/h4-5,9,12,15H,6-8H2,1-3H3,(H,17,18). The first kappa shape index (κ1) is 13.0. The molecule has 1 aliphatic rings. The third-order valence-corrected chi connectivity index (χ3v) is 3.61. The van der Waals surface area contributed by atoms with Gasteiger partial charge in [-0.1, -0.05) is 6.92 Å². The van der Waals surface area contributed by atoms with E-state index >= 15 is 0 Å². The predicted octanol–water partition coefficient (Wildman–Crippen LogP) is 1.88. The van der Waals surface area contributed by atoms with Crippen molar-refractivity contribution in [1.29, 1.82) is 0 Å². The molecule has 0 aliphatic carbocycles. The number of piperidine rings is 1. The van der Waals surface area contributed by atoms with Crippen LogP contribution in [0.25, 0.3) is 0 Å². The van der Waals surface area contributed by atoms with Crippen molar-refractivity contribution in [3.63, 3.8) is 0 Å². The Kier molecular flexibility index (Phi) is 3.97. The van der Waals surface area contributed by atoms with Crippen molar-refractivity contribution in [1.82, 2.24) is 10.3 Å². The van der Waals surface area contributed by atoms with E-state index in [0.717, 1.165) is 36.6 Å². The molecule has 1 aromatic heterocycles. The van der Waals surface area contributed by atoms with Gasteiger partial charge in [-0.05, 0) is 51.4 Å². The molecule has 2 unspecified atom stereocenters. The highest BCUT2D eigenvalue weighted by atomic mass is 16.1. The Balaban J connectivity index is 2.06. The maximum Gasteiger partial charge on any atom is 0.227 e. The Bertz CT molecular complexity index is 445. The number of nitrogens with zero attached hydrogens (tertiary/aromatic N) is 1. The topological polar surface area (TPSA) is 54.0 Å². The summed E-state index contributed by atoms with van der Waals surface area (Å²) in [6, 6.07) is 3.86. The number of aryl methyl sites for hydroxylation is 2. The first-order chi connectivity index (χ1) is 8.58. The molecule has 1 amide bonds. The molecule has 2 N–H and O–H groups in total. The second-order valence-electron chi connectivity index (χ2n) is 5.15. The molecule has 1 saturated heterocycles. The first-order valence-corrected chi connectivity index (χ1v) is 6.53. The Morgan fingerprint density at radius 3 is 2.89 bits per heavy atom. The van der Waals surface area contributed by atoms with Crippen LogP contribution in [-0.2, 0) is 4.79 Å². The van der Waals surface area contributed by atoms with Crippen molar-refractivity contribution in [2.75, 3.05) is 18.4 Å². The summed E-state index contributed by atoms with van der Waals surface area (Å²) in [5, 5.41) is 6.32. The van der Waals surface area contributed by atoms with Crippen molar-refractivity contribution < 1.29 is 4.79 Å². The van der Waals surface area contributed by atoms with Crippen LogP contribution in [0.1, 0.15) is 24.7 Å². The third-order valence-electron chi connectivity index (χ3n) is 3.61. The van der Waals surface area contributed by atoms with Crippen LogP contribution in [0.3, 0.4) is 0 Å². The molecule has 2 atom stereocenters. The lowest BCUT2D eigenvalue weighted by atomic mass is 9.87. The van der Waals surface area contributed by atoms with Crippen LogP contribution in [0.4, 0.5) is 5.69 Å². The summed E-state index contributed by atoms with van der Waals surface area (Å²) in [5.41, 5.74) is 2.68. The maximum absolute atomic E-state index is 12.2. The van der Waals surface area contributed by atoms with E-state index in [-0.39, 0.29) is 11.8 Å².